The number of hydrogen-bond donors (Lipinski definition) is 1. The topological polar surface area (TPSA) is 83.9 Å². The number of imidazole rings is 1. The Balaban J connectivity index is 1.38. The largest absolute Gasteiger partial charge is 0.433 e. The van der Waals surface area contributed by atoms with Gasteiger partial charge in [-0.25, -0.2) is 9.97 Å². The average molecular weight is 419 g/mol. The van der Waals surface area contributed by atoms with Crippen LogP contribution in [0.4, 0.5) is 13.2 Å². The molecule has 3 heterocycles. The molecular formula is C20H20F3N5O2. The predicted octanol–water partition coefficient (Wildman–Crippen LogP) is 3.00. The SMILES string of the molecule is Cc1nc2ccc(C(=O)N3CCC(Cn4cnc(C(F)(F)F)cc4=O)CC3)cc2[nH]1. The third-order valence-electron chi connectivity index (χ3n) is 5.37. The smallest absolute Gasteiger partial charge is 0.342 e. The van der Waals surface area contributed by atoms with Crippen molar-refractivity contribution in [3.8, 4) is 0 Å². The lowest BCUT2D eigenvalue weighted by molar-refractivity contribution is -0.141. The minimum Gasteiger partial charge on any atom is -0.342 e. The van der Waals surface area contributed by atoms with Gasteiger partial charge in [-0.05, 0) is 43.9 Å². The van der Waals surface area contributed by atoms with Gasteiger partial charge in [0, 0.05) is 31.3 Å². The Labute approximate surface area is 169 Å². The van der Waals surface area contributed by atoms with Crippen LogP contribution in [0.1, 0.15) is 34.7 Å². The van der Waals surface area contributed by atoms with Gasteiger partial charge in [0.1, 0.15) is 5.82 Å². The Morgan fingerprint density at radius 1 is 1.23 bits per heavy atom. The molecule has 0 bridgehead atoms. The number of amides is 1. The molecule has 0 spiro atoms. The van der Waals surface area contributed by atoms with Crippen LogP contribution in [0.25, 0.3) is 11.0 Å². The number of carbonyl (C=O) groups is 1. The molecule has 0 unspecified atom stereocenters. The van der Waals surface area contributed by atoms with Crippen molar-refractivity contribution in [1.29, 1.82) is 0 Å². The number of halogens is 3. The Morgan fingerprint density at radius 2 is 1.97 bits per heavy atom. The van der Waals surface area contributed by atoms with Crippen LogP contribution >= 0.6 is 0 Å². The van der Waals surface area contributed by atoms with Gasteiger partial charge in [0.2, 0.25) is 0 Å². The van der Waals surface area contributed by atoms with Crippen molar-refractivity contribution in [3.05, 3.63) is 58.0 Å². The summed E-state index contributed by atoms with van der Waals surface area (Å²) in [7, 11) is 0. The summed E-state index contributed by atoms with van der Waals surface area (Å²) in [6.45, 7) is 3.17. The molecule has 1 N–H and O–H groups in total. The fourth-order valence-electron chi connectivity index (χ4n) is 3.77. The summed E-state index contributed by atoms with van der Waals surface area (Å²) in [4.78, 5) is 37.4. The number of carbonyl (C=O) groups excluding carboxylic acids is 1. The van der Waals surface area contributed by atoms with Gasteiger partial charge < -0.3 is 9.88 Å². The maximum atomic E-state index is 12.8. The first-order valence-electron chi connectivity index (χ1n) is 9.60. The lowest BCUT2D eigenvalue weighted by atomic mass is 9.96. The number of aromatic nitrogens is 4. The van der Waals surface area contributed by atoms with Gasteiger partial charge in [0.05, 0.1) is 17.4 Å². The highest BCUT2D eigenvalue weighted by Gasteiger charge is 2.33. The molecule has 158 valence electrons. The number of rotatable bonds is 3. The molecule has 0 radical (unpaired) electrons. The summed E-state index contributed by atoms with van der Waals surface area (Å²) < 4.78 is 39.2. The molecule has 30 heavy (non-hydrogen) atoms. The number of aromatic amines is 1. The van der Waals surface area contributed by atoms with Gasteiger partial charge in [0.15, 0.2) is 5.69 Å². The number of alkyl halides is 3. The molecule has 1 aromatic carbocycles. The molecule has 0 atom stereocenters. The highest BCUT2D eigenvalue weighted by atomic mass is 19.4. The van der Waals surface area contributed by atoms with E-state index in [1.807, 2.05) is 13.0 Å². The van der Waals surface area contributed by atoms with E-state index in [1.54, 1.807) is 17.0 Å². The van der Waals surface area contributed by atoms with Gasteiger partial charge >= 0.3 is 6.18 Å². The van der Waals surface area contributed by atoms with Crippen LogP contribution in [0.5, 0.6) is 0 Å². The molecule has 0 aliphatic carbocycles. The van der Waals surface area contributed by atoms with Crippen LogP contribution in [0, 0.1) is 12.8 Å². The van der Waals surface area contributed by atoms with Crippen molar-refractivity contribution < 1.29 is 18.0 Å². The first-order chi connectivity index (χ1) is 14.2. The zero-order valence-corrected chi connectivity index (χ0v) is 16.2. The summed E-state index contributed by atoms with van der Waals surface area (Å²) in [5.74, 6) is 0.794. The van der Waals surface area contributed by atoms with Crippen molar-refractivity contribution in [2.45, 2.75) is 32.5 Å². The number of nitrogens with zero attached hydrogens (tertiary/aromatic N) is 4. The molecule has 1 fully saturated rings. The van der Waals surface area contributed by atoms with Crippen LogP contribution in [0.15, 0.2) is 35.4 Å². The van der Waals surface area contributed by atoms with E-state index in [9.17, 15) is 22.8 Å². The number of H-pyrrole nitrogens is 1. The van der Waals surface area contributed by atoms with Gasteiger partial charge in [-0.1, -0.05) is 0 Å². The number of likely N-dealkylation sites (tertiary alicyclic amines) is 1. The second-order valence-corrected chi connectivity index (χ2v) is 7.55. The Bertz CT molecular complexity index is 1140. The lowest BCUT2D eigenvalue weighted by Gasteiger charge is -2.32. The van der Waals surface area contributed by atoms with Crippen LogP contribution in [-0.4, -0.2) is 43.4 Å². The molecule has 0 saturated carbocycles. The molecule has 4 rings (SSSR count). The summed E-state index contributed by atoms with van der Waals surface area (Å²) in [6.07, 6.45) is -2.37. The van der Waals surface area contributed by atoms with Gasteiger partial charge in [0.25, 0.3) is 11.5 Å². The van der Waals surface area contributed by atoms with Crippen molar-refractivity contribution in [3.63, 3.8) is 0 Å². The van der Waals surface area contributed by atoms with E-state index >= 15 is 0 Å². The van der Waals surface area contributed by atoms with Crippen molar-refractivity contribution in [2.75, 3.05) is 13.1 Å². The molecule has 7 nitrogen and oxygen atoms in total. The second kappa shape index (κ2) is 7.58. The first-order valence-corrected chi connectivity index (χ1v) is 9.60. The number of aryl methyl sites for hydroxylation is 1. The molecule has 1 aliphatic heterocycles. The van der Waals surface area contributed by atoms with Crippen LogP contribution in [0.3, 0.4) is 0 Å². The van der Waals surface area contributed by atoms with E-state index in [0.29, 0.717) is 37.6 Å². The number of nitrogens with one attached hydrogen (secondary N) is 1. The zero-order chi connectivity index (χ0) is 21.5. The number of fused-ring (bicyclic) bond motifs is 1. The lowest BCUT2D eigenvalue weighted by Crippen LogP contribution is -2.40. The number of piperidine rings is 1. The van der Waals surface area contributed by atoms with E-state index in [2.05, 4.69) is 15.0 Å². The molecule has 1 amide bonds. The zero-order valence-electron chi connectivity index (χ0n) is 16.2. The van der Waals surface area contributed by atoms with E-state index in [4.69, 9.17) is 0 Å². The third kappa shape index (κ3) is 4.07. The van der Waals surface area contributed by atoms with Gasteiger partial charge in [-0.2, -0.15) is 13.2 Å². The van der Waals surface area contributed by atoms with Crippen molar-refractivity contribution >= 4 is 16.9 Å². The number of hydrogen-bond acceptors (Lipinski definition) is 4. The average Bonchev–Trinajstić information content (AvgIpc) is 3.08. The number of benzene rings is 1. The highest BCUT2D eigenvalue weighted by molar-refractivity contribution is 5.97. The molecule has 1 saturated heterocycles. The fourth-order valence-corrected chi connectivity index (χ4v) is 3.77. The Hall–Kier alpha value is -3.17. The van der Waals surface area contributed by atoms with Gasteiger partial charge in [-0.3, -0.25) is 14.2 Å². The maximum Gasteiger partial charge on any atom is 0.433 e. The van der Waals surface area contributed by atoms with Crippen molar-refractivity contribution in [1.82, 2.24) is 24.4 Å². The Morgan fingerprint density at radius 3 is 2.63 bits per heavy atom. The first kappa shape index (κ1) is 20.1. The van der Waals surface area contributed by atoms with Gasteiger partial charge in [-0.15, -0.1) is 0 Å². The molecule has 1 aliphatic rings. The fraction of sp³-hybridized carbons (Fsp3) is 0.400. The molecular weight excluding hydrogens is 399 g/mol. The third-order valence-corrected chi connectivity index (χ3v) is 5.37. The predicted molar refractivity (Wildman–Crippen MR) is 103 cm³/mol. The van der Waals surface area contributed by atoms with E-state index in [0.717, 1.165) is 23.2 Å². The van der Waals surface area contributed by atoms with E-state index in [1.165, 1.54) is 4.57 Å². The maximum absolute atomic E-state index is 12.8. The van der Waals surface area contributed by atoms with Crippen molar-refractivity contribution in [2.24, 2.45) is 5.92 Å². The summed E-state index contributed by atoms with van der Waals surface area (Å²) in [5, 5.41) is 0. The second-order valence-electron chi connectivity index (χ2n) is 7.55. The van der Waals surface area contributed by atoms with Crippen LogP contribution < -0.4 is 5.56 Å². The van der Waals surface area contributed by atoms with E-state index < -0.39 is 17.4 Å². The van der Waals surface area contributed by atoms with Crippen LogP contribution in [0.2, 0.25) is 0 Å². The minimum atomic E-state index is -4.64. The molecule has 3 aromatic rings. The standard InChI is InChI=1S/C20H20F3N5O2/c1-12-25-15-3-2-14(8-16(15)26-12)19(30)27-6-4-13(5-7-27)10-28-11-24-17(9-18(28)29)20(21,22)23/h2-3,8-9,11,13H,4-7,10H2,1H3,(H,25,26). The summed E-state index contributed by atoms with van der Waals surface area (Å²) in [5.41, 5.74) is 0.279. The normalized spacial score (nSPS) is 15.7. The quantitative estimate of drug-likeness (QED) is 0.708. The highest BCUT2D eigenvalue weighted by Crippen LogP contribution is 2.26. The summed E-state index contributed by atoms with van der Waals surface area (Å²) >= 11 is 0. The molecule has 10 heteroatoms. The minimum absolute atomic E-state index is 0.0732. The van der Waals surface area contributed by atoms with E-state index in [-0.39, 0.29) is 18.4 Å². The Kier molecular flexibility index (Phi) is 5.08. The van der Waals surface area contributed by atoms with Crippen LogP contribution in [-0.2, 0) is 12.7 Å². The molecule has 2 aromatic heterocycles. The monoisotopic (exact) mass is 419 g/mol. The summed E-state index contributed by atoms with van der Waals surface area (Å²) in [6, 6.07) is 5.87.